The van der Waals surface area contributed by atoms with Crippen molar-refractivity contribution in [1.29, 1.82) is 0 Å². The fourth-order valence-electron chi connectivity index (χ4n) is 6.20. The first-order valence-corrected chi connectivity index (χ1v) is 15.5. The van der Waals surface area contributed by atoms with Gasteiger partial charge in [-0.15, -0.1) is 0 Å². The molecule has 1 aliphatic rings. The third kappa shape index (κ3) is 6.79. The summed E-state index contributed by atoms with van der Waals surface area (Å²) in [6.07, 6.45) is 1.13. The van der Waals surface area contributed by atoms with Gasteiger partial charge in [-0.3, -0.25) is 14.0 Å². The van der Waals surface area contributed by atoms with Crippen LogP contribution in [0, 0.1) is 0 Å². The lowest BCUT2D eigenvalue weighted by Crippen LogP contribution is -2.43. The van der Waals surface area contributed by atoms with Gasteiger partial charge in [0.1, 0.15) is 6.61 Å². The number of fused-ring (bicyclic) bond motifs is 1. The number of para-hydroxylation sites is 2. The summed E-state index contributed by atoms with van der Waals surface area (Å²) in [4.78, 5) is 31.0. The SMILES string of the molecule is CC(COC(=O)N1CCC(n2c(=O)n(Cc3ccccc3)c3ccccc32)CC1)N(Cc1ccccc1)Cc1ccccc1. The number of hydrogen-bond donors (Lipinski definition) is 0. The maximum atomic E-state index is 13.7. The Balaban J connectivity index is 1.09. The van der Waals surface area contributed by atoms with Gasteiger partial charge in [0.05, 0.1) is 17.6 Å². The number of ether oxygens (including phenoxy) is 1. The van der Waals surface area contributed by atoms with Crippen molar-refractivity contribution >= 4 is 17.1 Å². The Kier molecular flexibility index (Phi) is 9.22. The highest BCUT2D eigenvalue weighted by Gasteiger charge is 2.28. The third-order valence-corrected chi connectivity index (χ3v) is 8.67. The summed E-state index contributed by atoms with van der Waals surface area (Å²) < 4.78 is 9.68. The highest BCUT2D eigenvalue weighted by atomic mass is 16.6. The first kappa shape index (κ1) is 29.5. The van der Waals surface area contributed by atoms with Crippen molar-refractivity contribution in [2.24, 2.45) is 0 Å². The molecule has 0 saturated carbocycles. The van der Waals surface area contributed by atoms with E-state index in [0.29, 0.717) is 39.1 Å². The molecule has 1 amide bonds. The zero-order valence-corrected chi connectivity index (χ0v) is 25.3. The van der Waals surface area contributed by atoms with Crippen LogP contribution in [0.5, 0.6) is 0 Å². The average molecular weight is 589 g/mol. The number of rotatable bonds is 10. The van der Waals surface area contributed by atoms with E-state index in [9.17, 15) is 9.59 Å². The van der Waals surface area contributed by atoms with E-state index in [1.54, 1.807) is 4.90 Å². The van der Waals surface area contributed by atoms with Gasteiger partial charge in [0.15, 0.2) is 0 Å². The Hall–Kier alpha value is -4.62. The second-order valence-electron chi connectivity index (χ2n) is 11.7. The van der Waals surface area contributed by atoms with Gasteiger partial charge >= 0.3 is 11.8 Å². The molecule has 0 N–H and O–H groups in total. The summed E-state index contributed by atoms with van der Waals surface area (Å²) in [7, 11) is 0. The van der Waals surface area contributed by atoms with E-state index >= 15 is 0 Å². The smallest absolute Gasteiger partial charge is 0.409 e. The number of nitrogens with zero attached hydrogens (tertiary/aromatic N) is 4. The van der Waals surface area contributed by atoms with Crippen LogP contribution in [-0.2, 0) is 24.4 Å². The van der Waals surface area contributed by atoms with E-state index in [2.05, 4.69) is 60.4 Å². The quantitative estimate of drug-likeness (QED) is 0.182. The average Bonchev–Trinajstić information content (AvgIpc) is 3.35. The van der Waals surface area contributed by atoms with E-state index < -0.39 is 0 Å². The molecule has 0 aliphatic carbocycles. The standard InChI is InChI=1S/C37H40N4O3/c1-29(39(25-30-13-5-2-6-14-30)26-31-15-7-3-8-16-31)28-44-37(43)38-23-21-33(22-24-38)41-35-20-12-11-19-34(35)40(36(41)42)27-32-17-9-4-10-18-32/h2-20,29,33H,21-28H2,1H3. The van der Waals surface area contributed by atoms with Gasteiger partial charge in [0.2, 0.25) is 0 Å². The molecular weight excluding hydrogens is 548 g/mol. The maximum Gasteiger partial charge on any atom is 0.409 e. The van der Waals surface area contributed by atoms with Crippen LogP contribution in [-0.4, -0.2) is 50.8 Å². The van der Waals surface area contributed by atoms with Crippen LogP contribution >= 0.6 is 0 Å². The van der Waals surface area contributed by atoms with E-state index in [0.717, 1.165) is 29.7 Å². The highest BCUT2D eigenvalue weighted by molar-refractivity contribution is 5.76. The number of carbonyl (C=O) groups is 1. The zero-order chi connectivity index (χ0) is 30.3. The van der Waals surface area contributed by atoms with Gasteiger partial charge < -0.3 is 9.64 Å². The third-order valence-electron chi connectivity index (χ3n) is 8.67. The molecule has 6 rings (SSSR count). The Labute approximate surface area is 258 Å². The highest BCUT2D eigenvalue weighted by Crippen LogP contribution is 2.27. The molecule has 1 fully saturated rings. The number of amides is 1. The Morgan fingerprint density at radius 1 is 0.750 bits per heavy atom. The second-order valence-corrected chi connectivity index (χ2v) is 11.7. The molecule has 1 aliphatic heterocycles. The first-order valence-electron chi connectivity index (χ1n) is 15.5. The molecule has 1 aromatic heterocycles. The van der Waals surface area contributed by atoms with Crippen LogP contribution < -0.4 is 5.69 Å². The van der Waals surface area contributed by atoms with Crippen molar-refractivity contribution < 1.29 is 9.53 Å². The molecule has 0 radical (unpaired) electrons. The van der Waals surface area contributed by atoms with E-state index in [4.69, 9.17) is 4.74 Å². The molecule has 1 saturated heterocycles. The number of likely N-dealkylation sites (tertiary alicyclic amines) is 1. The van der Waals surface area contributed by atoms with Crippen molar-refractivity contribution in [2.75, 3.05) is 19.7 Å². The molecule has 0 bridgehead atoms. The lowest BCUT2D eigenvalue weighted by molar-refractivity contribution is 0.0567. The normalized spacial score (nSPS) is 14.6. The maximum absolute atomic E-state index is 13.7. The minimum atomic E-state index is -0.284. The molecule has 1 unspecified atom stereocenters. The molecule has 5 aromatic rings. The summed E-state index contributed by atoms with van der Waals surface area (Å²) in [5, 5.41) is 0. The van der Waals surface area contributed by atoms with E-state index in [-0.39, 0.29) is 23.9 Å². The van der Waals surface area contributed by atoms with Gasteiger partial charge in [0.25, 0.3) is 0 Å². The van der Waals surface area contributed by atoms with Crippen LogP contribution in [0.25, 0.3) is 11.0 Å². The number of hydrogen-bond acceptors (Lipinski definition) is 4. The molecule has 2 heterocycles. The number of carbonyl (C=O) groups excluding carboxylic acids is 1. The lowest BCUT2D eigenvalue weighted by atomic mass is 10.0. The Morgan fingerprint density at radius 2 is 1.25 bits per heavy atom. The van der Waals surface area contributed by atoms with Crippen LogP contribution in [0.15, 0.2) is 120 Å². The molecular formula is C37H40N4O3. The molecule has 4 aromatic carbocycles. The van der Waals surface area contributed by atoms with Crippen LogP contribution in [0.3, 0.4) is 0 Å². The molecule has 226 valence electrons. The summed E-state index contributed by atoms with van der Waals surface area (Å²) in [5.74, 6) is 0. The summed E-state index contributed by atoms with van der Waals surface area (Å²) in [6, 6.07) is 38.9. The predicted molar refractivity (Wildman–Crippen MR) is 175 cm³/mol. The van der Waals surface area contributed by atoms with Crippen molar-refractivity contribution in [1.82, 2.24) is 18.9 Å². The monoisotopic (exact) mass is 588 g/mol. The summed E-state index contributed by atoms with van der Waals surface area (Å²) in [5.41, 5.74) is 5.43. The van der Waals surface area contributed by atoms with Crippen molar-refractivity contribution in [2.45, 2.75) is 51.5 Å². The van der Waals surface area contributed by atoms with E-state index in [1.165, 1.54) is 11.1 Å². The van der Waals surface area contributed by atoms with Crippen molar-refractivity contribution in [3.8, 4) is 0 Å². The number of benzene rings is 4. The van der Waals surface area contributed by atoms with Gasteiger partial charge in [0, 0.05) is 38.3 Å². The number of piperidine rings is 1. The predicted octanol–water partition coefficient (Wildman–Crippen LogP) is 6.72. The van der Waals surface area contributed by atoms with Crippen molar-refractivity contribution in [3.63, 3.8) is 0 Å². The van der Waals surface area contributed by atoms with Gasteiger partial charge in [-0.2, -0.15) is 0 Å². The fraction of sp³-hybridized carbons (Fsp3) is 0.297. The van der Waals surface area contributed by atoms with Crippen LogP contribution in [0.2, 0.25) is 0 Å². The van der Waals surface area contributed by atoms with E-state index in [1.807, 2.05) is 75.9 Å². The molecule has 7 nitrogen and oxygen atoms in total. The second kappa shape index (κ2) is 13.8. The topological polar surface area (TPSA) is 59.7 Å². The molecule has 0 spiro atoms. The molecule has 1 atom stereocenters. The molecule has 44 heavy (non-hydrogen) atoms. The van der Waals surface area contributed by atoms with Gasteiger partial charge in [-0.25, -0.2) is 9.59 Å². The number of imidazole rings is 1. The van der Waals surface area contributed by atoms with Crippen molar-refractivity contribution in [3.05, 3.63) is 142 Å². The Bertz CT molecular complexity index is 1670. The lowest BCUT2D eigenvalue weighted by Gasteiger charge is -2.33. The largest absolute Gasteiger partial charge is 0.448 e. The first-order chi connectivity index (χ1) is 21.6. The number of aromatic nitrogens is 2. The summed E-state index contributed by atoms with van der Waals surface area (Å²) in [6.45, 7) is 5.61. The Morgan fingerprint density at radius 3 is 1.82 bits per heavy atom. The minimum absolute atomic E-state index is 0.00169. The molecule has 7 heteroatoms. The van der Waals surface area contributed by atoms with Gasteiger partial charge in [-0.1, -0.05) is 103 Å². The van der Waals surface area contributed by atoms with Crippen LogP contribution in [0.4, 0.5) is 4.79 Å². The van der Waals surface area contributed by atoms with Gasteiger partial charge in [-0.05, 0) is 48.6 Å². The van der Waals surface area contributed by atoms with Crippen LogP contribution in [0.1, 0.15) is 42.5 Å². The summed E-state index contributed by atoms with van der Waals surface area (Å²) >= 11 is 0. The minimum Gasteiger partial charge on any atom is -0.448 e. The fourth-order valence-corrected chi connectivity index (χ4v) is 6.20. The zero-order valence-electron chi connectivity index (χ0n) is 25.3.